The average Bonchev–Trinajstić information content (AvgIpc) is 3.22. The lowest BCUT2D eigenvalue weighted by Crippen LogP contribution is -2.40. The van der Waals surface area contributed by atoms with Gasteiger partial charge in [0, 0.05) is 44.0 Å². The number of hydrogen-bond donors (Lipinski definition) is 0. The van der Waals surface area contributed by atoms with Gasteiger partial charge in [0.2, 0.25) is 0 Å². The van der Waals surface area contributed by atoms with Crippen molar-refractivity contribution in [2.75, 3.05) is 7.05 Å². The Balaban J connectivity index is 1.54. The van der Waals surface area contributed by atoms with E-state index in [1.807, 2.05) is 13.2 Å². The van der Waals surface area contributed by atoms with Crippen molar-refractivity contribution in [1.82, 2.24) is 19.6 Å². The van der Waals surface area contributed by atoms with Gasteiger partial charge in [-0.05, 0) is 31.0 Å². The number of benzene rings is 1. The maximum Gasteiger partial charge on any atom is 0.261 e. The van der Waals surface area contributed by atoms with Crippen molar-refractivity contribution >= 4 is 17.7 Å². The minimum Gasteiger partial charge on any atom is -0.337 e. The van der Waals surface area contributed by atoms with Crippen LogP contribution < -0.4 is 0 Å². The summed E-state index contributed by atoms with van der Waals surface area (Å²) in [6.45, 7) is 0.421. The third kappa shape index (κ3) is 3.21. The molecular weight excluding hydrogens is 356 g/mol. The fraction of sp³-hybridized carbons (Fsp3) is 0.429. The van der Waals surface area contributed by atoms with Gasteiger partial charge in [-0.25, -0.2) is 0 Å². The Kier molecular flexibility index (Phi) is 4.75. The van der Waals surface area contributed by atoms with Gasteiger partial charge in [-0.2, -0.15) is 5.10 Å². The van der Waals surface area contributed by atoms with Crippen LogP contribution in [-0.2, 0) is 13.6 Å². The second-order valence-electron chi connectivity index (χ2n) is 7.72. The Labute approximate surface area is 163 Å². The van der Waals surface area contributed by atoms with Gasteiger partial charge in [0.15, 0.2) is 0 Å². The fourth-order valence-corrected chi connectivity index (χ4v) is 4.18. The van der Waals surface area contributed by atoms with Crippen molar-refractivity contribution in [2.24, 2.45) is 7.05 Å². The van der Waals surface area contributed by atoms with E-state index in [0.717, 1.165) is 37.7 Å². The molecule has 0 unspecified atom stereocenters. The standard InChI is InChI=1S/C21H24N4O3/c1-23(12-14-11-22-24(2)13-14)19(26)15-8-9-17-18(10-15)21(28)25(20(17)27)16-6-4-3-5-7-16/h8-11,13,16H,3-7,12H2,1-2H3. The molecule has 2 heterocycles. The largest absolute Gasteiger partial charge is 0.337 e. The summed E-state index contributed by atoms with van der Waals surface area (Å²) in [6, 6.07) is 4.80. The molecule has 4 rings (SSSR count). The van der Waals surface area contributed by atoms with Crippen LogP contribution in [0.1, 0.15) is 68.7 Å². The third-order valence-electron chi connectivity index (χ3n) is 5.63. The number of aromatic nitrogens is 2. The van der Waals surface area contributed by atoms with Crippen LogP contribution in [0.5, 0.6) is 0 Å². The molecule has 1 fully saturated rings. The summed E-state index contributed by atoms with van der Waals surface area (Å²) in [6.07, 6.45) is 8.55. The molecule has 3 amide bonds. The third-order valence-corrected chi connectivity index (χ3v) is 5.63. The van der Waals surface area contributed by atoms with E-state index < -0.39 is 0 Å². The Morgan fingerprint density at radius 2 is 1.86 bits per heavy atom. The van der Waals surface area contributed by atoms with Crippen molar-refractivity contribution in [1.29, 1.82) is 0 Å². The molecule has 0 atom stereocenters. The zero-order chi connectivity index (χ0) is 19.8. The summed E-state index contributed by atoms with van der Waals surface area (Å²) in [4.78, 5) is 41.5. The first-order chi connectivity index (χ1) is 13.5. The minimum absolute atomic E-state index is 0.0199. The first-order valence-electron chi connectivity index (χ1n) is 9.70. The van der Waals surface area contributed by atoms with Crippen LogP contribution in [0.25, 0.3) is 0 Å². The smallest absolute Gasteiger partial charge is 0.261 e. The van der Waals surface area contributed by atoms with E-state index >= 15 is 0 Å². The maximum atomic E-state index is 12.9. The Bertz CT molecular complexity index is 943. The summed E-state index contributed by atoms with van der Waals surface area (Å²) in [7, 11) is 3.54. The number of carbonyl (C=O) groups excluding carboxylic acids is 3. The zero-order valence-corrected chi connectivity index (χ0v) is 16.2. The van der Waals surface area contributed by atoms with Crippen LogP contribution in [0.4, 0.5) is 0 Å². The zero-order valence-electron chi connectivity index (χ0n) is 16.2. The van der Waals surface area contributed by atoms with Crippen molar-refractivity contribution < 1.29 is 14.4 Å². The number of rotatable bonds is 4. The van der Waals surface area contributed by atoms with Gasteiger partial charge in [-0.3, -0.25) is 24.0 Å². The predicted octanol–water partition coefficient (Wildman–Crippen LogP) is 2.62. The summed E-state index contributed by atoms with van der Waals surface area (Å²) in [5, 5.41) is 4.11. The van der Waals surface area contributed by atoms with E-state index in [-0.39, 0.29) is 23.8 Å². The van der Waals surface area contributed by atoms with E-state index in [1.54, 1.807) is 41.0 Å². The second-order valence-corrected chi connectivity index (χ2v) is 7.72. The molecule has 2 aromatic rings. The molecule has 1 saturated carbocycles. The van der Waals surface area contributed by atoms with Gasteiger partial charge < -0.3 is 4.90 Å². The lowest BCUT2D eigenvalue weighted by molar-refractivity contribution is 0.0548. The molecule has 0 N–H and O–H groups in total. The molecule has 1 aliphatic heterocycles. The van der Waals surface area contributed by atoms with Crippen LogP contribution in [0.15, 0.2) is 30.6 Å². The van der Waals surface area contributed by atoms with Gasteiger partial charge in [0.25, 0.3) is 17.7 Å². The van der Waals surface area contributed by atoms with Gasteiger partial charge >= 0.3 is 0 Å². The molecule has 7 nitrogen and oxygen atoms in total. The topological polar surface area (TPSA) is 75.5 Å². The van der Waals surface area contributed by atoms with Crippen LogP contribution in [0.2, 0.25) is 0 Å². The van der Waals surface area contributed by atoms with Crippen LogP contribution in [-0.4, -0.2) is 50.4 Å². The molecular formula is C21H24N4O3. The summed E-state index contributed by atoms with van der Waals surface area (Å²) < 4.78 is 1.69. The lowest BCUT2D eigenvalue weighted by Gasteiger charge is -2.29. The number of hydrogen-bond acceptors (Lipinski definition) is 4. The molecule has 0 spiro atoms. The highest BCUT2D eigenvalue weighted by atomic mass is 16.2. The lowest BCUT2D eigenvalue weighted by atomic mass is 9.94. The predicted molar refractivity (Wildman–Crippen MR) is 103 cm³/mol. The van der Waals surface area contributed by atoms with E-state index in [2.05, 4.69) is 5.10 Å². The normalized spacial score (nSPS) is 17.1. The van der Waals surface area contributed by atoms with E-state index in [4.69, 9.17) is 0 Å². The molecule has 28 heavy (non-hydrogen) atoms. The maximum absolute atomic E-state index is 12.9. The molecule has 0 radical (unpaired) electrons. The minimum atomic E-state index is -0.267. The highest BCUT2D eigenvalue weighted by Crippen LogP contribution is 2.31. The number of nitrogens with zero attached hydrogens (tertiary/aromatic N) is 4. The molecule has 1 aromatic carbocycles. The summed E-state index contributed by atoms with van der Waals surface area (Å²) in [5.74, 6) is -0.686. The van der Waals surface area contributed by atoms with Crippen molar-refractivity contribution in [3.8, 4) is 0 Å². The van der Waals surface area contributed by atoms with Gasteiger partial charge in [0.05, 0.1) is 17.3 Å². The van der Waals surface area contributed by atoms with Crippen molar-refractivity contribution in [3.63, 3.8) is 0 Å². The molecule has 2 aliphatic rings. The van der Waals surface area contributed by atoms with Crippen LogP contribution >= 0.6 is 0 Å². The molecule has 146 valence electrons. The number of imide groups is 1. The second kappa shape index (κ2) is 7.22. The quantitative estimate of drug-likeness (QED) is 0.764. The number of amides is 3. The number of fused-ring (bicyclic) bond motifs is 1. The monoisotopic (exact) mass is 380 g/mol. The highest BCUT2D eigenvalue weighted by Gasteiger charge is 2.40. The number of carbonyl (C=O) groups is 3. The average molecular weight is 380 g/mol. The van der Waals surface area contributed by atoms with Crippen molar-refractivity contribution in [3.05, 3.63) is 52.8 Å². The van der Waals surface area contributed by atoms with E-state index in [9.17, 15) is 14.4 Å². The Morgan fingerprint density at radius 3 is 2.54 bits per heavy atom. The van der Waals surface area contributed by atoms with Gasteiger partial charge in [-0.15, -0.1) is 0 Å². The molecule has 7 heteroatoms. The Morgan fingerprint density at radius 1 is 1.14 bits per heavy atom. The first kappa shape index (κ1) is 18.4. The molecule has 1 aliphatic carbocycles. The van der Waals surface area contributed by atoms with Gasteiger partial charge in [0.1, 0.15) is 0 Å². The molecule has 0 saturated heterocycles. The SMILES string of the molecule is CN(Cc1cnn(C)c1)C(=O)c1ccc2c(c1)C(=O)N(C1CCCCC1)C2=O. The van der Waals surface area contributed by atoms with E-state index in [0.29, 0.717) is 23.2 Å². The summed E-state index contributed by atoms with van der Waals surface area (Å²) in [5.41, 5.74) is 2.09. The van der Waals surface area contributed by atoms with E-state index in [1.165, 1.54) is 4.90 Å². The van der Waals surface area contributed by atoms with Crippen LogP contribution in [0, 0.1) is 0 Å². The highest BCUT2D eigenvalue weighted by molar-refractivity contribution is 6.22. The fourth-order valence-electron chi connectivity index (χ4n) is 4.18. The Hall–Kier alpha value is -2.96. The molecule has 0 bridgehead atoms. The van der Waals surface area contributed by atoms with Crippen molar-refractivity contribution in [2.45, 2.75) is 44.7 Å². The first-order valence-corrected chi connectivity index (χ1v) is 9.70. The van der Waals surface area contributed by atoms with Crippen LogP contribution in [0.3, 0.4) is 0 Å². The van der Waals surface area contributed by atoms with Gasteiger partial charge in [-0.1, -0.05) is 19.3 Å². The molecule has 1 aromatic heterocycles. The summed E-state index contributed by atoms with van der Waals surface area (Å²) >= 11 is 0. The number of aryl methyl sites for hydroxylation is 1.